The number of aryl methyl sites for hydroxylation is 2. The standard InChI is InChI=1S/C24H27N3O4S/c1-5-30-21-10-8-17(12-22(21)31-6-2)24(28)25-23-18-13-32(29)14-19(18)26-27(23)20-9-7-15(3)11-16(20)4/h7-12H,5-6,13-14H2,1-4H3,(H,25,28). The van der Waals surface area contributed by atoms with Crippen LogP contribution in [-0.2, 0) is 22.3 Å². The molecule has 1 aliphatic heterocycles. The molecule has 8 heteroatoms. The number of fused-ring (bicyclic) bond motifs is 1. The van der Waals surface area contributed by atoms with Crippen LogP contribution in [0, 0.1) is 13.8 Å². The first kappa shape index (κ1) is 22.1. The zero-order valence-corrected chi connectivity index (χ0v) is 19.5. The van der Waals surface area contributed by atoms with Crippen molar-refractivity contribution in [2.45, 2.75) is 39.2 Å². The van der Waals surface area contributed by atoms with Crippen molar-refractivity contribution in [3.8, 4) is 17.2 Å². The maximum absolute atomic E-state index is 13.2. The number of nitrogens with one attached hydrogen (secondary N) is 1. The second-order valence-electron chi connectivity index (χ2n) is 7.69. The maximum Gasteiger partial charge on any atom is 0.256 e. The van der Waals surface area contributed by atoms with E-state index >= 15 is 0 Å². The summed E-state index contributed by atoms with van der Waals surface area (Å²) < 4.78 is 25.2. The Hall–Kier alpha value is -3.13. The van der Waals surface area contributed by atoms with Crippen molar-refractivity contribution in [2.24, 2.45) is 0 Å². The van der Waals surface area contributed by atoms with E-state index in [-0.39, 0.29) is 5.91 Å². The van der Waals surface area contributed by atoms with E-state index in [4.69, 9.17) is 14.6 Å². The van der Waals surface area contributed by atoms with Gasteiger partial charge in [0.2, 0.25) is 0 Å². The van der Waals surface area contributed by atoms with Crippen molar-refractivity contribution in [3.63, 3.8) is 0 Å². The highest BCUT2D eigenvalue weighted by molar-refractivity contribution is 7.83. The quantitative estimate of drug-likeness (QED) is 0.577. The zero-order chi connectivity index (χ0) is 22.8. The summed E-state index contributed by atoms with van der Waals surface area (Å²) in [6, 6.07) is 11.2. The summed E-state index contributed by atoms with van der Waals surface area (Å²) in [5, 5.41) is 7.72. The third-order valence-electron chi connectivity index (χ3n) is 5.29. The predicted molar refractivity (Wildman–Crippen MR) is 125 cm³/mol. The molecule has 0 bridgehead atoms. The fraction of sp³-hybridized carbons (Fsp3) is 0.333. The van der Waals surface area contributed by atoms with Crippen LogP contribution in [0.3, 0.4) is 0 Å². The van der Waals surface area contributed by atoms with Crippen molar-refractivity contribution in [2.75, 3.05) is 18.5 Å². The molecule has 2 heterocycles. The molecule has 1 unspecified atom stereocenters. The Morgan fingerprint density at radius 3 is 2.53 bits per heavy atom. The second kappa shape index (κ2) is 9.16. The summed E-state index contributed by atoms with van der Waals surface area (Å²) in [7, 11) is -1.01. The van der Waals surface area contributed by atoms with Crippen LogP contribution in [0.4, 0.5) is 5.82 Å². The Balaban J connectivity index is 1.72. The van der Waals surface area contributed by atoms with Crippen LogP contribution >= 0.6 is 0 Å². The Morgan fingerprint density at radius 2 is 1.81 bits per heavy atom. The Morgan fingerprint density at radius 1 is 1.06 bits per heavy atom. The van der Waals surface area contributed by atoms with Gasteiger partial charge in [0.25, 0.3) is 5.91 Å². The predicted octanol–water partition coefficient (Wildman–Crippen LogP) is 4.30. The lowest BCUT2D eigenvalue weighted by atomic mass is 10.1. The van der Waals surface area contributed by atoms with E-state index in [1.165, 1.54) is 0 Å². The van der Waals surface area contributed by atoms with Crippen molar-refractivity contribution in [1.82, 2.24) is 9.78 Å². The molecular formula is C24H27N3O4S. The molecule has 3 aromatic rings. The van der Waals surface area contributed by atoms with Gasteiger partial charge in [0.05, 0.1) is 36.1 Å². The molecule has 1 aromatic heterocycles. The number of amides is 1. The van der Waals surface area contributed by atoms with Gasteiger partial charge in [0.15, 0.2) is 11.5 Å². The van der Waals surface area contributed by atoms with E-state index in [9.17, 15) is 9.00 Å². The fourth-order valence-electron chi connectivity index (χ4n) is 3.85. The molecule has 1 aliphatic rings. The SMILES string of the molecule is CCOc1ccc(C(=O)Nc2c3c(nn2-c2ccc(C)cc2C)CS(=O)C3)cc1OCC. The number of aromatic nitrogens is 2. The number of hydrogen-bond donors (Lipinski definition) is 1. The van der Waals surface area contributed by atoms with Gasteiger partial charge in [0.1, 0.15) is 5.82 Å². The van der Waals surface area contributed by atoms with Gasteiger partial charge in [0, 0.05) is 21.9 Å². The van der Waals surface area contributed by atoms with Gasteiger partial charge < -0.3 is 14.8 Å². The molecule has 0 spiro atoms. The number of carbonyl (C=O) groups is 1. The molecule has 1 N–H and O–H groups in total. The third-order valence-corrected chi connectivity index (χ3v) is 6.49. The number of rotatable bonds is 7. The maximum atomic E-state index is 13.2. The molecule has 0 aliphatic carbocycles. The van der Waals surface area contributed by atoms with E-state index in [1.807, 2.05) is 39.8 Å². The van der Waals surface area contributed by atoms with Gasteiger partial charge >= 0.3 is 0 Å². The smallest absolute Gasteiger partial charge is 0.256 e. The largest absolute Gasteiger partial charge is 0.490 e. The summed E-state index contributed by atoms with van der Waals surface area (Å²) in [5.74, 6) is 2.17. The van der Waals surface area contributed by atoms with Crippen LogP contribution in [-0.4, -0.2) is 33.1 Å². The lowest BCUT2D eigenvalue weighted by Gasteiger charge is -2.15. The van der Waals surface area contributed by atoms with Crippen LogP contribution in [0.25, 0.3) is 5.69 Å². The van der Waals surface area contributed by atoms with Gasteiger partial charge in [-0.05, 0) is 57.5 Å². The minimum atomic E-state index is -1.01. The number of ether oxygens (including phenoxy) is 2. The van der Waals surface area contributed by atoms with E-state index < -0.39 is 10.8 Å². The molecule has 32 heavy (non-hydrogen) atoms. The first-order chi connectivity index (χ1) is 15.4. The normalized spacial score (nSPS) is 14.8. The van der Waals surface area contributed by atoms with E-state index in [1.54, 1.807) is 22.9 Å². The van der Waals surface area contributed by atoms with Gasteiger partial charge in [-0.25, -0.2) is 4.68 Å². The molecule has 4 rings (SSSR count). The molecule has 2 aromatic carbocycles. The molecule has 0 radical (unpaired) electrons. The summed E-state index contributed by atoms with van der Waals surface area (Å²) in [6.07, 6.45) is 0. The van der Waals surface area contributed by atoms with Crippen LogP contribution in [0.1, 0.15) is 46.6 Å². The number of hydrogen-bond acceptors (Lipinski definition) is 5. The topological polar surface area (TPSA) is 82.5 Å². The van der Waals surface area contributed by atoms with Crippen LogP contribution in [0.2, 0.25) is 0 Å². The first-order valence-electron chi connectivity index (χ1n) is 10.7. The summed E-state index contributed by atoms with van der Waals surface area (Å²) >= 11 is 0. The van der Waals surface area contributed by atoms with Crippen molar-refractivity contribution >= 4 is 22.5 Å². The van der Waals surface area contributed by atoms with Gasteiger partial charge in [-0.1, -0.05) is 17.7 Å². The minimum Gasteiger partial charge on any atom is -0.490 e. The Bertz CT molecular complexity index is 1200. The van der Waals surface area contributed by atoms with Crippen molar-refractivity contribution in [1.29, 1.82) is 0 Å². The fourth-order valence-corrected chi connectivity index (χ4v) is 5.11. The highest BCUT2D eigenvalue weighted by atomic mass is 32.2. The Kier molecular flexibility index (Phi) is 6.32. The molecule has 7 nitrogen and oxygen atoms in total. The van der Waals surface area contributed by atoms with Gasteiger partial charge in [-0.2, -0.15) is 5.10 Å². The first-order valence-corrected chi connectivity index (χ1v) is 12.1. The lowest BCUT2D eigenvalue weighted by Crippen LogP contribution is -2.17. The third kappa shape index (κ3) is 4.27. The van der Waals surface area contributed by atoms with Gasteiger partial charge in [-0.15, -0.1) is 0 Å². The minimum absolute atomic E-state index is 0.291. The average Bonchev–Trinajstić information content (AvgIpc) is 3.26. The molecule has 1 amide bonds. The molecular weight excluding hydrogens is 426 g/mol. The molecule has 1 atom stereocenters. The highest BCUT2D eigenvalue weighted by Gasteiger charge is 2.29. The monoisotopic (exact) mass is 453 g/mol. The lowest BCUT2D eigenvalue weighted by molar-refractivity contribution is 0.102. The summed E-state index contributed by atoms with van der Waals surface area (Å²) in [6.45, 7) is 8.80. The molecule has 0 fully saturated rings. The average molecular weight is 454 g/mol. The number of anilines is 1. The van der Waals surface area contributed by atoms with E-state index in [0.717, 1.165) is 28.1 Å². The molecule has 168 valence electrons. The Labute approximate surface area is 190 Å². The summed E-state index contributed by atoms with van der Waals surface area (Å²) in [5.41, 5.74) is 5.11. The van der Waals surface area contributed by atoms with Gasteiger partial charge in [-0.3, -0.25) is 9.00 Å². The zero-order valence-electron chi connectivity index (χ0n) is 18.7. The molecule has 0 saturated carbocycles. The highest BCUT2D eigenvalue weighted by Crippen LogP contribution is 2.33. The number of carbonyl (C=O) groups excluding carboxylic acids is 1. The number of nitrogens with zero attached hydrogens (tertiary/aromatic N) is 2. The van der Waals surface area contributed by atoms with E-state index in [2.05, 4.69) is 11.4 Å². The second-order valence-corrected chi connectivity index (χ2v) is 9.14. The number of benzene rings is 2. The molecule has 0 saturated heterocycles. The van der Waals surface area contributed by atoms with E-state index in [0.29, 0.717) is 47.6 Å². The van der Waals surface area contributed by atoms with Crippen LogP contribution in [0.15, 0.2) is 36.4 Å². The summed E-state index contributed by atoms with van der Waals surface area (Å²) in [4.78, 5) is 13.2. The van der Waals surface area contributed by atoms with Crippen molar-refractivity contribution < 1.29 is 18.5 Å². The van der Waals surface area contributed by atoms with Crippen molar-refractivity contribution in [3.05, 3.63) is 64.3 Å². The van der Waals surface area contributed by atoms with Crippen LogP contribution in [0.5, 0.6) is 11.5 Å². The van der Waals surface area contributed by atoms with Crippen LogP contribution < -0.4 is 14.8 Å².